The minimum atomic E-state index is -4.38. The number of halogens is 3. The molecule has 0 aliphatic carbocycles. The van der Waals surface area contributed by atoms with Gasteiger partial charge in [-0.3, -0.25) is 4.68 Å². The molecule has 0 saturated carbocycles. The number of hydrogen-bond acceptors (Lipinski definition) is 2. The Kier molecular flexibility index (Phi) is 2.92. The van der Waals surface area contributed by atoms with Crippen LogP contribution in [-0.4, -0.2) is 21.5 Å². The molecule has 0 bridgehead atoms. The molecule has 0 fully saturated rings. The average Bonchev–Trinajstić information content (AvgIpc) is 2.47. The van der Waals surface area contributed by atoms with Gasteiger partial charge in [0.05, 0.1) is 0 Å². The minimum Gasteiger partial charge on any atom is -0.396 e. The Morgan fingerprint density at radius 3 is 2.62 bits per heavy atom. The van der Waals surface area contributed by atoms with E-state index in [1.807, 2.05) is 0 Å². The van der Waals surface area contributed by atoms with Crippen LogP contribution >= 0.6 is 0 Å². The Balaban J connectivity index is 2.64. The Morgan fingerprint density at radius 1 is 1.46 bits per heavy atom. The lowest BCUT2D eigenvalue weighted by Gasteiger charge is -2.01. The lowest BCUT2D eigenvalue weighted by atomic mass is 10.4. The second-order valence-electron chi connectivity index (χ2n) is 2.54. The number of hydrogen-bond donors (Lipinski definition) is 1. The number of alkyl halides is 3. The van der Waals surface area contributed by atoms with Gasteiger partial charge in [-0.05, 0) is 12.5 Å². The maximum atomic E-state index is 12.0. The molecule has 0 saturated heterocycles. The minimum absolute atomic E-state index is 0.0544. The van der Waals surface area contributed by atoms with E-state index in [4.69, 9.17) is 5.11 Å². The van der Waals surface area contributed by atoms with Gasteiger partial charge in [0.15, 0.2) is 5.69 Å². The largest absolute Gasteiger partial charge is 0.435 e. The van der Waals surface area contributed by atoms with Crippen molar-refractivity contribution in [2.75, 3.05) is 6.61 Å². The molecule has 0 aliphatic rings. The molecule has 13 heavy (non-hydrogen) atoms. The van der Waals surface area contributed by atoms with Crippen LogP contribution in [0.2, 0.25) is 0 Å². The molecule has 1 heterocycles. The van der Waals surface area contributed by atoms with Gasteiger partial charge in [-0.2, -0.15) is 18.3 Å². The SMILES string of the molecule is OCCCn1ccc(C(F)(F)F)n1. The fourth-order valence-electron chi connectivity index (χ4n) is 0.870. The number of aryl methyl sites for hydroxylation is 1. The van der Waals surface area contributed by atoms with Crippen molar-refractivity contribution in [2.45, 2.75) is 19.1 Å². The summed E-state index contributed by atoms with van der Waals surface area (Å²) in [5.74, 6) is 0. The highest BCUT2D eigenvalue weighted by Gasteiger charge is 2.33. The lowest BCUT2D eigenvalue weighted by Crippen LogP contribution is -2.08. The molecule has 6 heteroatoms. The maximum absolute atomic E-state index is 12.0. The molecule has 1 N–H and O–H groups in total. The van der Waals surface area contributed by atoms with E-state index in [1.165, 1.54) is 10.9 Å². The Morgan fingerprint density at radius 2 is 2.15 bits per heavy atom. The topological polar surface area (TPSA) is 38.0 Å². The number of rotatable bonds is 3. The smallest absolute Gasteiger partial charge is 0.396 e. The molecular formula is C7H9F3N2O. The third-order valence-corrected chi connectivity index (χ3v) is 1.48. The van der Waals surface area contributed by atoms with Gasteiger partial charge < -0.3 is 5.11 Å². The van der Waals surface area contributed by atoms with Crippen molar-refractivity contribution in [3.63, 3.8) is 0 Å². The third kappa shape index (κ3) is 2.73. The van der Waals surface area contributed by atoms with E-state index in [0.29, 0.717) is 13.0 Å². The summed E-state index contributed by atoms with van der Waals surface area (Å²) < 4.78 is 37.2. The summed E-state index contributed by atoms with van der Waals surface area (Å²) in [7, 11) is 0. The second-order valence-corrected chi connectivity index (χ2v) is 2.54. The summed E-state index contributed by atoms with van der Waals surface area (Å²) in [5.41, 5.74) is -0.898. The van der Waals surface area contributed by atoms with E-state index in [1.54, 1.807) is 0 Å². The Labute approximate surface area is 72.8 Å². The zero-order chi connectivity index (χ0) is 9.90. The highest BCUT2D eigenvalue weighted by molar-refractivity contribution is 5.02. The molecule has 0 spiro atoms. The Hall–Kier alpha value is -1.04. The molecule has 0 radical (unpaired) electrons. The van der Waals surface area contributed by atoms with Crippen LogP contribution in [0.5, 0.6) is 0 Å². The summed E-state index contributed by atoms with van der Waals surface area (Å²) >= 11 is 0. The van der Waals surface area contributed by atoms with Crippen molar-refractivity contribution in [3.05, 3.63) is 18.0 Å². The molecule has 0 atom stereocenters. The van der Waals surface area contributed by atoms with Gasteiger partial charge in [0.1, 0.15) is 0 Å². The van der Waals surface area contributed by atoms with Crippen molar-refractivity contribution in [1.29, 1.82) is 0 Å². The van der Waals surface area contributed by atoms with Crippen molar-refractivity contribution in [1.82, 2.24) is 9.78 Å². The van der Waals surface area contributed by atoms with Gasteiger partial charge in [0.2, 0.25) is 0 Å². The van der Waals surface area contributed by atoms with Crippen LogP contribution < -0.4 is 0 Å². The molecule has 74 valence electrons. The fourth-order valence-corrected chi connectivity index (χ4v) is 0.870. The molecular weight excluding hydrogens is 185 g/mol. The van der Waals surface area contributed by atoms with Gasteiger partial charge >= 0.3 is 6.18 Å². The van der Waals surface area contributed by atoms with Crippen molar-refractivity contribution in [3.8, 4) is 0 Å². The number of aliphatic hydroxyl groups excluding tert-OH is 1. The molecule has 3 nitrogen and oxygen atoms in total. The monoisotopic (exact) mass is 194 g/mol. The first-order valence-corrected chi connectivity index (χ1v) is 3.75. The highest BCUT2D eigenvalue weighted by Crippen LogP contribution is 2.27. The van der Waals surface area contributed by atoms with Gasteiger partial charge in [-0.1, -0.05) is 0 Å². The van der Waals surface area contributed by atoms with E-state index >= 15 is 0 Å². The molecule has 0 amide bonds. The van der Waals surface area contributed by atoms with E-state index < -0.39 is 11.9 Å². The molecule has 0 aromatic carbocycles. The first-order chi connectivity index (χ1) is 6.04. The van der Waals surface area contributed by atoms with E-state index in [2.05, 4.69) is 5.10 Å². The predicted octanol–water partition coefficient (Wildman–Crippen LogP) is 1.28. The van der Waals surface area contributed by atoms with Gasteiger partial charge in [0.25, 0.3) is 0 Å². The van der Waals surface area contributed by atoms with Gasteiger partial charge in [-0.15, -0.1) is 0 Å². The van der Waals surface area contributed by atoms with Crippen molar-refractivity contribution >= 4 is 0 Å². The van der Waals surface area contributed by atoms with E-state index in [0.717, 1.165) is 6.07 Å². The summed E-state index contributed by atoms with van der Waals surface area (Å²) in [4.78, 5) is 0. The second kappa shape index (κ2) is 3.78. The van der Waals surface area contributed by atoms with Crippen LogP contribution in [0, 0.1) is 0 Å². The van der Waals surface area contributed by atoms with Crippen molar-refractivity contribution in [2.24, 2.45) is 0 Å². The standard InChI is InChI=1S/C7H9F3N2O/c8-7(9,10)6-2-4-12(11-6)3-1-5-13/h2,4,13H,1,3,5H2. The van der Waals surface area contributed by atoms with Crippen LogP contribution in [0.25, 0.3) is 0 Å². The average molecular weight is 194 g/mol. The fraction of sp³-hybridized carbons (Fsp3) is 0.571. The van der Waals surface area contributed by atoms with Crippen molar-refractivity contribution < 1.29 is 18.3 Å². The summed E-state index contributed by atoms with van der Waals surface area (Å²) in [6.07, 6.45) is -2.73. The summed E-state index contributed by atoms with van der Waals surface area (Å²) in [5, 5.41) is 11.7. The maximum Gasteiger partial charge on any atom is 0.435 e. The zero-order valence-electron chi connectivity index (χ0n) is 6.75. The summed E-state index contributed by atoms with van der Waals surface area (Å²) in [6.45, 7) is 0.244. The normalized spacial score (nSPS) is 12.0. The number of nitrogens with zero attached hydrogens (tertiary/aromatic N) is 2. The zero-order valence-corrected chi connectivity index (χ0v) is 6.75. The van der Waals surface area contributed by atoms with E-state index in [-0.39, 0.29) is 6.61 Å². The highest BCUT2D eigenvalue weighted by atomic mass is 19.4. The first kappa shape index (κ1) is 10.0. The predicted molar refractivity (Wildman–Crippen MR) is 38.9 cm³/mol. The molecule has 1 aromatic rings. The molecule has 0 aliphatic heterocycles. The lowest BCUT2D eigenvalue weighted by molar-refractivity contribution is -0.141. The Bertz CT molecular complexity index is 269. The summed E-state index contributed by atoms with van der Waals surface area (Å²) in [6, 6.07) is 0.914. The van der Waals surface area contributed by atoms with Crippen LogP contribution in [0.4, 0.5) is 13.2 Å². The van der Waals surface area contributed by atoms with Gasteiger partial charge in [-0.25, -0.2) is 0 Å². The first-order valence-electron chi connectivity index (χ1n) is 3.75. The quantitative estimate of drug-likeness (QED) is 0.787. The number of aromatic nitrogens is 2. The van der Waals surface area contributed by atoms with Crippen LogP contribution in [0.3, 0.4) is 0 Å². The number of aliphatic hydroxyl groups is 1. The van der Waals surface area contributed by atoms with E-state index in [9.17, 15) is 13.2 Å². The third-order valence-electron chi connectivity index (χ3n) is 1.48. The van der Waals surface area contributed by atoms with Crippen LogP contribution in [-0.2, 0) is 12.7 Å². The molecule has 1 rings (SSSR count). The molecule has 0 unspecified atom stereocenters. The van der Waals surface area contributed by atoms with Gasteiger partial charge in [0, 0.05) is 19.3 Å². The van der Waals surface area contributed by atoms with Crippen LogP contribution in [0.1, 0.15) is 12.1 Å². The van der Waals surface area contributed by atoms with Crippen LogP contribution in [0.15, 0.2) is 12.3 Å². The molecule has 1 aromatic heterocycles.